The summed E-state index contributed by atoms with van der Waals surface area (Å²) in [6.45, 7) is 2.00. The van der Waals surface area contributed by atoms with E-state index in [1.165, 1.54) is 0 Å². The number of hydrogen-bond acceptors (Lipinski definition) is 4. The van der Waals surface area contributed by atoms with Crippen LogP contribution >= 0.6 is 11.6 Å². The van der Waals surface area contributed by atoms with Crippen molar-refractivity contribution in [2.75, 3.05) is 6.79 Å². The standard InChI is InChI=1S/C12H14ClNO4/c1-6-7(9(14)2-3-10(15)16)4-8(13)12-11(6)17-5-18-12/h4,9H,2-3,5,14H2,1H3,(H,15,16). The molecule has 5 nitrogen and oxygen atoms in total. The van der Waals surface area contributed by atoms with Crippen molar-refractivity contribution in [2.24, 2.45) is 5.73 Å². The van der Waals surface area contributed by atoms with Crippen LogP contribution in [0, 0.1) is 6.92 Å². The maximum atomic E-state index is 10.5. The zero-order chi connectivity index (χ0) is 13.3. The summed E-state index contributed by atoms with van der Waals surface area (Å²) in [5, 5.41) is 9.10. The molecule has 0 saturated heterocycles. The number of rotatable bonds is 4. The lowest BCUT2D eigenvalue weighted by Crippen LogP contribution is -2.13. The molecule has 3 N–H and O–H groups in total. The second-order valence-electron chi connectivity index (χ2n) is 4.18. The quantitative estimate of drug-likeness (QED) is 0.878. The third-order valence-electron chi connectivity index (χ3n) is 2.95. The van der Waals surface area contributed by atoms with E-state index in [0.29, 0.717) is 22.9 Å². The van der Waals surface area contributed by atoms with Gasteiger partial charge in [0.05, 0.1) is 5.02 Å². The maximum absolute atomic E-state index is 10.5. The molecule has 1 aromatic carbocycles. The van der Waals surface area contributed by atoms with Gasteiger partial charge in [-0.15, -0.1) is 0 Å². The first kappa shape index (κ1) is 13.0. The molecule has 6 heteroatoms. The minimum absolute atomic E-state index is 0.0205. The number of nitrogens with two attached hydrogens (primary N) is 1. The average Bonchev–Trinajstić information content (AvgIpc) is 2.80. The highest BCUT2D eigenvalue weighted by Crippen LogP contribution is 2.44. The van der Waals surface area contributed by atoms with E-state index >= 15 is 0 Å². The Balaban J connectivity index is 2.28. The molecule has 1 unspecified atom stereocenters. The van der Waals surface area contributed by atoms with Crippen molar-refractivity contribution in [3.63, 3.8) is 0 Å². The first-order chi connectivity index (χ1) is 8.50. The number of benzene rings is 1. The SMILES string of the molecule is Cc1c(C(N)CCC(=O)O)cc(Cl)c2c1OCO2. The van der Waals surface area contributed by atoms with Gasteiger partial charge in [-0.2, -0.15) is 0 Å². The number of ether oxygens (including phenoxy) is 2. The molecule has 1 heterocycles. The molecule has 1 aliphatic heterocycles. The zero-order valence-electron chi connectivity index (χ0n) is 9.90. The van der Waals surface area contributed by atoms with Crippen LogP contribution in [0.25, 0.3) is 0 Å². The molecule has 98 valence electrons. The summed E-state index contributed by atoms with van der Waals surface area (Å²) in [6, 6.07) is 1.34. The first-order valence-electron chi connectivity index (χ1n) is 5.56. The summed E-state index contributed by atoms with van der Waals surface area (Å²) < 4.78 is 10.6. The lowest BCUT2D eigenvalue weighted by Gasteiger charge is -2.16. The fourth-order valence-corrected chi connectivity index (χ4v) is 2.25. The molecule has 0 bridgehead atoms. The Bertz CT molecular complexity index is 489. The van der Waals surface area contributed by atoms with Gasteiger partial charge in [0.15, 0.2) is 11.5 Å². The van der Waals surface area contributed by atoms with Gasteiger partial charge in [0.2, 0.25) is 6.79 Å². The minimum atomic E-state index is -0.866. The smallest absolute Gasteiger partial charge is 0.303 e. The van der Waals surface area contributed by atoms with Crippen molar-refractivity contribution in [1.82, 2.24) is 0 Å². The Labute approximate surface area is 109 Å². The number of carboxylic acids is 1. The third kappa shape index (κ3) is 2.37. The van der Waals surface area contributed by atoms with Crippen LogP contribution in [0.2, 0.25) is 5.02 Å². The second-order valence-corrected chi connectivity index (χ2v) is 4.58. The third-order valence-corrected chi connectivity index (χ3v) is 3.23. The monoisotopic (exact) mass is 271 g/mol. The van der Waals surface area contributed by atoms with Crippen LogP contribution < -0.4 is 15.2 Å². The van der Waals surface area contributed by atoms with Crippen LogP contribution in [-0.2, 0) is 4.79 Å². The van der Waals surface area contributed by atoms with Crippen molar-refractivity contribution in [3.8, 4) is 11.5 Å². The summed E-state index contributed by atoms with van der Waals surface area (Å²) >= 11 is 6.08. The van der Waals surface area contributed by atoms with E-state index in [1.807, 2.05) is 6.92 Å². The number of carboxylic acid groups (broad SMARTS) is 1. The first-order valence-corrected chi connectivity index (χ1v) is 5.94. The summed E-state index contributed by atoms with van der Waals surface area (Å²) in [5.41, 5.74) is 7.64. The topological polar surface area (TPSA) is 81.8 Å². The second kappa shape index (κ2) is 5.04. The molecule has 0 amide bonds. The molecule has 0 fully saturated rings. The Morgan fingerprint density at radius 2 is 2.22 bits per heavy atom. The van der Waals surface area contributed by atoms with E-state index in [9.17, 15) is 4.79 Å². The van der Waals surface area contributed by atoms with Crippen LogP contribution in [0.15, 0.2) is 6.07 Å². The predicted molar refractivity (Wildman–Crippen MR) is 66.1 cm³/mol. The molecule has 1 aliphatic rings. The molecular formula is C12H14ClNO4. The van der Waals surface area contributed by atoms with Crippen LogP contribution in [0.1, 0.15) is 30.0 Å². The van der Waals surface area contributed by atoms with E-state index in [1.54, 1.807) is 6.07 Å². The van der Waals surface area contributed by atoms with Gasteiger partial charge in [0.1, 0.15) is 0 Å². The van der Waals surface area contributed by atoms with Gasteiger partial charge in [0.25, 0.3) is 0 Å². The lowest BCUT2D eigenvalue weighted by molar-refractivity contribution is -0.137. The highest BCUT2D eigenvalue weighted by Gasteiger charge is 2.24. The molecule has 2 rings (SSSR count). The summed E-state index contributed by atoms with van der Waals surface area (Å²) in [4.78, 5) is 10.5. The molecule has 0 radical (unpaired) electrons. The van der Waals surface area contributed by atoms with Gasteiger partial charge >= 0.3 is 5.97 Å². The number of halogens is 1. The van der Waals surface area contributed by atoms with E-state index in [-0.39, 0.29) is 19.3 Å². The lowest BCUT2D eigenvalue weighted by atomic mass is 9.97. The van der Waals surface area contributed by atoms with Gasteiger partial charge in [-0.1, -0.05) is 11.6 Å². The van der Waals surface area contributed by atoms with E-state index in [4.69, 9.17) is 31.9 Å². The van der Waals surface area contributed by atoms with Gasteiger partial charge in [0, 0.05) is 12.5 Å². The number of carbonyl (C=O) groups is 1. The Hall–Kier alpha value is -1.46. The van der Waals surface area contributed by atoms with Gasteiger partial charge in [-0.3, -0.25) is 4.79 Å². The van der Waals surface area contributed by atoms with Crippen LogP contribution in [0.4, 0.5) is 0 Å². The molecule has 1 atom stereocenters. The van der Waals surface area contributed by atoms with E-state index in [2.05, 4.69) is 0 Å². The Kier molecular flexibility index (Phi) is 3.63. The fourth-order valence-electron chi connectivity index (χ4n) is 2.00. The molecule has 18 heavy (non-hydrogen) atoms. The normalized spacial score (nSPS) is 14.6. The highest BCUT2D eigenvalue weighted by molar-refractivity contribution is 6.32. The van der Waals surface area contributed by atoms with Crippen molar-refractivity contribution in [3.05, 3.63) is 22.2 Å². The zero-order valence-corrected chi connectivity index (χ0v) is 10.7. The summed E-state index contributed by atoms with van der Waals surface area (Å²) in [7, 11) is 0. The van der Waals surface area contributed by atoms with Crippen LogP contribution in [0.5, 0.6) is 11.5 Å². The van der Waals surface area contributed by atoms with E-state index < -0.39 is 5.97 Å². The molecule has 0 aliphatic carbocycles. The summed E-state index contributed by atoms with van der Waals surface area (Å²) in [5.74, 6) is 0.265. The van der Waals surface area contributed by atoms with Crippen molar-refractivity contribution in [1.29, 1.82) is 0 Å². The van der Waals surface area contributed by atoms with Crippen molar-refractivity contribution in [2.45, 2.75) is 25.8 Å². The molecular weight excluding hydrogens is 258 g/mol. The summed E-state index contributed by atoms with van der Waals surface area (Å²) in [6.07, 6.45) is 0.374. The van der Waals surface area contributed by atoms with Crippen LogP contribution in [0.3, 0.4) is 0 Å². The number of hydrogen-bond donors (Lipinski definition) is 2. The van der Waals surface area contributed by atoms with Crippen molar-refractivity contribution < 1.29 is 19.4 Å². The molecule has 1 aromatic rings. The molecule has 0 spiro atoms. The van der Waals surface area contributed by atoms with E-state index in [0.717, 1.165) is 11.1 Å². The Morgan fingerprint density at radius 1 is 1.56 bits per heavy atom. The average molecular weight is 272 g/mol. The predicted octanol–water partition coefficient (Wildman–Crippen LogP) is 2.24. The molecule has 0 saturated carbocycles. The van der Waals surface area contributed by atoms with Gasteiger partial charge < -0.3 is 20.3 Å². The maximum Gasteiger partial charge on any atom is 0.303 e. The van der Waals surface area contributed by atoms with Gasteiger partial charge in [-0.05, 0) is 30.5 Å². The number of fused-ring (bicyclic) bond motifs is 1. The minimum Gasteiger partial charge on any atom is -0.481 e. The molecule has 0 aromatic heterocycles. The van der Waals surface area contributed by atoms with Crippen molar-refractivity contribution >= 4 is 17.6 Å². The fraction of sp³-hybridized carbons (Fsp3) is 0.417. The largest absolute Gasteiger partial charge is 0.481 e. The highest BCUT2D eigenvalue weighted by atomic mass is 35.5. The number of aliphatic carboxylic acids is 1. The van der Waals surface area contributed by atoms with Crippen LogP contribution in [-0.4, -0.2) is 17.9 Å². The Morgan fingerprint density at radius 3 is 2.89 bits per heavy atom. The van der Waals surface area contributed by atoms with Gasteiger partial charge in [-0.25, -0.2) is 0 Å².